The van der Waals surface area contributed by atoms with Gasteiger partial charge in [-0.1, -0.05) is 46.3 Å². The van der Waals surface area contributed by atoms with Crippen LogP contribution in [0.15, 0.2) is 30.3 Å². The lowest BCUT2D eigenvalue weighted by atomic mass is 10.1. The van der Waals surface area contributed by atoms with E-state index in [4.69, 9.17) is 0 Å². The van der Waals surface area contributed by atoms with Crippen molar-refractivity contribution in [1.82, 2.24) is 4.90 Å². The van der Waals surface area contributed by atoms with Crippen molar-refractivity contribution in [3.05, 3.63) is 35.9 Å². The Bertz CT molecular complexity index is 260. The molecule has 0 spiro atoms. The van der Waals surface area contributed by atoms with E-state index in [-0.39, 0.29) is 0 Å². The number of alkyl halides is 1. The third-order valence-corrected chi connectivity index (χ3v) is 3.73. The highest BCUT2D eigenvalue weighted by molar-refractivity contribution is 9.09. The van der Waals surface area contributed by atoms with Gasteiger partial charge in [-0.2, -0.15) is 0 Å². The lowest BCUT2D eigenvalue weighted by Crippen LogP contribution is -2.31. The van der Waals surface area contributed by atoms with Gasteiger partial charge in [-0.05, 0) is 38.9 Å². The molecular formula is C13H20BrN. The number of benzene rings is 1. The van der Waals surface area contributed by atoms with E-state index in [2.05, 4.69) is 65.1 Å². The molecule has 0 bridgehead atoms. The standard InChI is InChI=1S/C13H20BrN/c1-12(11-14)15(2)10-6-9-13-7-4-3-5-8-13/h3-5,7-8,12H,6,9-11H2,1-2H3. The molecule has 0 radical (unpaired) electrons. The molecule has 0 N–H and O–H groups in total. The Morgan fingerprint density at radius 3 is 2.53 bits per heavy atom. The van der Waals surface area contributed by atoms with Crippen LogP contribution in [0.3, 0.4) is 0 Å². The number of nitrogens with zero attached hydrogens (tertiary/aromatic N) is 1. The molecule has 0 saturated heterocycles. The zero-order chi connectivity index (χ0) is 11.1. The zero-order valence-corrected chi connectivity index (χ0v) is 11.2. The lowest BCUT2D eigenvalue weighted by Gasteiger charge is -2.22. The van der Waals surface area contributed by atoms with Crippen LogP contribution in [0.1, 0.15) is 18.9 Å². The van der Waals surface area contributed by atoms with E-state index in [0.717, 1.165) is 5.33 Å². The average molecular weight is 270 g/mol. The molecule has 0 saturated carbocycles. The van der Waals surface area contributed by atoms with Gasteiger partial charge in [0.1, 0.15) is 0 Å². The van der Waals surface area contributed by atoms with Crippen LogP contribution in [0, 0.1) is 0 Å². The van der Waals surface area contributed by atoms with Crippen LogP contribution in [0.2, 0.25) is 0 Å². The molecule has 0 heterocycles. The second kappa shape index (κ2) is 7.02. The van der Waals surface area contributed by atoms with Gasteiger partial charge in [0.25, 0.3) is 0 Å². The van der Waals surface area contributed by atoms with Gasteiger partial charge < -0.3 is 4.90 Å². The maximum Gasteiger partial charge on any atom is 0.0185 e. The van der Waals surface area contributed by atoms with Crippen molar-refractivity contribution in [2.45, 2.75) is 25.8 Å². The predicted molar refractivity (Wildman–Crippen MR) is 70.6 cm³/mol. The van der Waals surface area contributed by atoms with Crippen molar-refractivity contribution >= 4 is 15.9 Å². The highest BCUT2D eigenvalue weighted by Crippen LogP contribution is 2.05. The van der Waals surface area contributed by atoms with Gasteiger partial charge in [0, 0.05) is 11.4 Å². The largest absolute Gasteiger partial charge is 0.303 e. The molecular weight excluding hydrogens is 250 g/mol. The summed E-state index contributed by atoms with van der Waals surface area (Å²) < 4.78 is 0. The Labute approximate surface area is 102 Å². The summed E-state index contributed by atoms with van der Waals surface area (Å²) in [5.41, 5.74) is 1.44. The highest BCUT2D eigenvalue weighted by Gasteiger charge is 2.06. The summed E-state index contributed by atoms with van der Waals surface area (Å²) in [6, 6.07) is 11.3. The normalized spacial score (nSPS) is 13.1. The number of halogens is 1. The van der Waals surface area contributed by atoms with E-state index >= 15 is 0 Å². The van der Waals surface area contributed by atoms with Crippen LogP contribution in [0.5, 0.6) is 0 Å². The maximum atomic E-state index is 3.51. The van der Waals surface area contributed by atoms with E-state index in [0.29, 0.717) is 6.04 Å². The Balaban J connectivity index is 2.22. The van der Waals surface area contributed by atoms with Crippen molar-refractivity contribution < 1.29 is 0 Å². The van der Waals surface area contributed by atoms with E-state index < -0.39 is 0 Å². The molecule has 1 aromatic carbocycles. The van der Waals surface area contributed by atoms with Gasteiger partial charge in [-0.15, -0.1) is 0 Å². The minimum absolute atomic E-state index is 0.626. The minimum Gasteiger partial charge on any atom is -0.303 e. The SMILES string of the molecule is CC(CBr)N(C)CCCc1ccccc1. The molecule has 0 aromatic heterocycles. The molecule has 0 aliphatic rings. The highest BCUT2D eigenvalue weighted by atomic mass is 79.9. The number of rotatable bonds is 6. The molecule has 1 atom stereocenters. The molecule has 0 aliphatic heterocycles. The monoisotopic (exact) mass is 269 g/mol. The molecule has 1 nitrogen and oxygen atoms in total. The Morgan fingerprint density at radius 1 is 1.27 bits per heavy atom. The summed E-state index contributed by atoms with van der Waals surface area (Å²) in [4.78, 5) is 2.40. The maximum absolute atomic E-state index is 3.51. The van der Waals surface area contributed by atoms with Crippen LogP contribution >= 0.6 is 15.9 Å². The molecule has 0 fully saturated rings. The molecule has 15 heavy (non-hydrogen) atoms. The fraction of sp³-hybridized carbons (Fsp3) is 0.538. The van der Waals surface area contributed by atoms with Crippen molar-refractivity contribution in [2.24, 2.45) is 0 Å². The second-order valence-corrected chi connectivity index (χ2v) is 4.72. The van der Waals surface area contributed by atoms with Crippen molar-refractivity contribution in [1.29, 1.82) is 0 Å². The second-order valence-electron chi connectivity index (χ2n) is 4.07. The van der Waals surface area contributed by atoms with Crippen molar-refractivity contribution in [3.8, 4) is 0 Å². The Kier molecular flexibility index (Phi) is 5.96. The quantitative estimate of drug-likeness (QED) is 0.717. The Hall–Kier alpha value is -0.340. The first-order valence-electron chi connectivity index (χ1n) is 5.54. The Morgan fingerprint density at radius 2 is 1.93 bits per heavy atom. The first-order chi connectivity index (χ1) is 7.24. The van der Waals surface area contributed by atoms with E-state index in [1.54, 1.807) is 0 Å². The summed E-state index contributed by atoms with van der Waals surface area (Å²) in [7, 11) is 2.19. The predicted octanol–water partition coefficient (Wildman–Crippen LogP) is 3.33. The molecule has 2 heteroatoms. The minimum atomic E-state index is 0.626. The van der Waals surface area contributed by atoms with Crippen LogP contribution in [-0.2, 0) is 6.42 Å². The third kappa shape index (κ3) is 4.80. The number of hydrogen-bond donors (Lipinski definition) is 0. The molecule has 1 unspecified atom stereocenters. The van der Waals surface area contributed by atoms with Gasteiger partial charge in [0.15, 0.2) is 0 Å². The number of aryl methyl sites for hydroxylation is 1. The van der Waals surface area contributed by atoms with E-state index in [9.17, 15) is 0 Å². The summed E-state index contributed by atoms with van der Waals surface area (Å²) in [6.45, 7) is 3.42. The van der Waals surface area contributed by atoms with Crippen molar-refractivity contribution in [3.63, 3.8) is 0 Å². The summed E-state index contributed by atoms with van der Waals surface area (Å²) >= 11 is 3.51. The van der Waals surface area contributed by atoms with Gasteiger partial charge in [0.2, 0.25) is 0 Å². The van der Waals surface area contributed by atoms with Gasteiger partial charge in [-0.25, -0.2) is 0 Å². The van der Waals surface area contributed by atoms with Crippen LogP contribution in [0.25, 0.3) is 0 Å². The molecule has 1 aromatic rings. The third-order valence-electron chi connectivity index (χ3n) is 2.79. The van der Waals surface area contributed by atoms with Gasteiger partial charge in [-0.3, -0.25) is 0 Å². The average Bonchev–Trinajstić information content (AvgIpc) is 2.29. The first-order valence-corrected chi connectivity index (χ1v) is 6.66. The molecule has 0 aliphatic carbocycles. The van der Waals surface area contributed by atoms with Crippen molar-refractivity contribution in [2.75, 3.05) is 18.9 Å². The topological polar surface area (TPSA) is 3.24 Å². The molecule has 1 rings (SSSR count). The van der Waals surface area contributed by atoms with E-state index in [1.165, 1.54) is 24.9 Å². The van der Waals surface area contributed by atoms with Crippen LogP contribution < -0.4 is 0 Å². The summed E-state index contributed by atoms with van der Waals surface area (Å²) in [5, 5.41) is 1.05. The van der Waals surface area contributed by atoms with Crippen LogP contribution in [0.4, 0.5) is 0 Å². The lowest BCUT2D eigenvalue weighted by molar-refractivity contribution is 0.275. The number of hydrogen-bond acceptors (Lipinski definition) is 1. The summed E-state index contributed by atoms with van der Waals surface area (Å²) in [5.74, 6) is 0. The zero-order valence-electron chi connectivity index (χ0n) is 9.62. The molecule has 0 amide bonds. The smallest absolute Gasteiger partial charge is 0.0185 e. The fourth-order valence-electron chi connectivity index (χ4n) is 1.52. The van der Waals surface area contributed by atoms with E-state index in [1.807, 2.05) is 0 Å². The molecule has 84 valence electrons. The fourth-order valence-corrected chi connectivity index (χ4v) is 2.01. The van der Waals surface area contributed by atoms with Crippen LogP contribution in [-0.4, -0.2) is 29.9 Å². The van der Waals surface area contributed by atoms with Gasteiger partial charge >= 0.3 is 0 Å². The summed E-state index contributed by atoms with van der Waals surface area (Å²) in [6.07, 6.45) is 2.41. The first kappa shape index (κ1) is 12.7. The van der Waals surface area contributed by atoms with Gasteiger partial charge in [0.05, 0.1) is 0 Å².